The van der Waals surface area contributed by atoms with Gasteiger partial charge in [0.15, 0.2) is 0 Å². The number of rotatable bonds is 2. The van der Waals surface area contributed by atoms with Crippen LogP contribution in [-0.4, -0.2) is 41.9 Å². The van der Waals surface area contributed by atoms with E-state index in [1.165, 1.54) is 18.2 Å². The van der Waals surface area contributed by atoms with E-state index in [2.05, 4.69) is 5.32 Å². The quantitative estimate of drug-likeness (QED) is 0.771. The summed E-state index contributed by atoms with van der Waals surface area (Å²) in [4.78, 5) is 28.8. The van der Waals surface area contributed by atoms with Gasteiger partial charge in [-0.3, -0.25) is 4.79 Å². The first-order valence-corrected chi connectivity index (χ1v) is 10.2. The molecule has 1 N–H and O–H groups in total. The molecule has 31 heavy (non-hydrogen) atoms. The van der Waals surface area contributed by atoms with Crippen LogP contribution in [0.15, 0.2) is 42.5 Å². The molecule has 2 aromatic carbocycles. The predicted octanol–water partition coefficient (Wildman–Crippen LogP) is 4.30. The molecule has 1 spiro atoms. The van der Waals surface area contributed by atoms with Gasteiger partial charge in [0.2, 0.25) is 0 Å². The largest absolute Gasteiger partial charge is 0.416 e. The average Bonchev–Trinajstić information content (AvgIpc) is 2.95. The van der Waals surface area contributed by atoms with Crippen molar-refractivity contribution in [3.63, 3.8) is 0 Å². The summed E-state index contributed by atoms with van der Waals surface area (Å²) in [6.07, 6.45) is -3.30. The molecule has 1 fully saturated rings. The van der Waals surface area contributed by atoms with Crippen LogP contribution >= 0.6 is 0 Å². The van der Waals surface area contributed by atoms with Gasteiger partial charge >= 0.3 is 12.2 Å². The van der Waals surface area contributed by atoms with Gasteiger partial charge in [0.25, 0.3) is 5.91 Å². The van der Waals surface area contributed by atoms with Crippen LogP contribution < -0.4 is 5.32 Å². The molecule has 2 aliphatic rings. The number of nitrogens with one attached hydrogen (secondary N) is 1. The Balaban J connectivity index is 1.45. The lowest BCUT2D eigenvalue weighted by molar-refractivity contribution is -0.138. The number of aryl methyl sites for hydroxylation is 1. The number of carbonyl (C=O) groups excluding carboxylic acids is 2. The fourth-order valence-electron chi connectivity index (χ4n) is 4.91. The molecule has 4 rings (SSSR count). The highest BCUT2D eigenvalue weighted by atomic mass is 19.4. The van der Waals surface area contributed by atoms with Crippen LogP contribution in [-0.2, 0) is 18.3 Å². The number of benzene rings is 2. The molecule has 0 unspecified atom stereocenters. The molecule has 0 atom stereocenters. The standard InChI is InChI=1S/C23H24F3N3O2/c1-15-6-5-8-17-19(15)22(28(2)20(17)30)10-12-29(13-11-22)21(31)27-14-16-7-3-4-9-18(16)23(24,25)26/h3-9H,10-14H2,1-2H3,(H,27,31). The zero-order chi connectivity index (χ0) is 22.4. The third kappa shape index (κ3) is 3.54. The average molecular weight is 431 g/mol. The van der Waals surface area contributed by atoms with E-state index in [4.69, 9.17) is 0 Å². The van der Waals surface area contributed by atoms with Crippen molar-refractivity contribution < 1.29 is 22.8 Å². The van der Waals surface area contributed by atoms with Crippen molar-refractivity contribution in [3.05, 3.63) is 70.3 Å². The second-order valence-corrected chi connectivity index (χ2v) is 8.19. The third-order valence-electron chi connectivity index (χ3n) is 6.55. The second kappa shape index (κ2) is 7.59. The summed E-state index contributed by atoms with van der Waals surface area (Å²) in [6.45, 7) is 2.62. The minimum Gasteiger partial charge on any atom is -0.334 e. The van der Waals surface area contributed by atoms with Crippen LogP contribution in [0, 0.1) is 6.92 Å². The molecule has 0 aromatic heterocycles. The number of nitrogens with zero attached hydrogens (tertiary/aromatic N) is 2. The molecule has 1 saturated heterocycles. The van der Waals surface area contributed by atoms with Gasteiger partial charge in [-0.1, -0.05) is 30.3 Å². The summed E-state index contributed by atoms with van der Waals surface area (Å²) >= 11 is 0. The van der Waals surface area contributed by atoms with E-state index in [0.29, 0.717) is 31.5 Å². The van der Waals surface area contributed by atoms with Gasteiger partial charge in [-0.25, -0.2) is 4.79 Å². The first-order chi connectivity index (χ1) is 14.6. The highest BCUT2D eigenvalue weighted by Crippen LogP contribution is 2.46. The Hall–Kier alpha value is -3.03. The van der Waals surface area contributed by atoms with Crippen LogP contribution in [0.1, 0.15) is 45.5 Å². The highest BCUT2D eigenvalue weighted by Gasteiger charge is 2.50. The Labute approximate surface area is 178 Å². The maximum Gasteiger partial charge on any atom is 0.416 e. The summed E-state index contributed by atoms with van der Waals surface area (Å²) < 4.78 is 39.5. The lowest BCUT2D eigenvalue weighted by Crippen LogP contribution is -2.53. The molecular formula is C23H24F3N3O2. The number of fused-ring (bicyclic) bond motifs is 2. The smallest absolute Gasteiger partial charge is 0.334 e. The summed E-state index contributed by atoms with van der Waals surface area (Å²) in [6, 6.07) is 10.5. The molecule has 2 aromatic rings. The number of amides is 3. The summed E-state index contributed by atoms with van der Waals surface area (Å²) in [5, 5.41) is 2.62. The SMILES string of the molecule is Cc1cccc2c1C1(CCN(C(=O)NCc3ccccc3C(F)(F)F)CC1)N(C)C2=O. The minimum atomic E-state index is -4.47. The van der Waals surface area contributed by atoms with Crippen LogP contribution in [0.4, 0.5) is 18.0 Å². The lowest BCUT2D eigenvalue weighted by atomic mass is 9.79. The van der Waals surface area contributed by atoms with E-state index in [1.54, 1.807) is 16.8 Å². The van der Waals surface area contributed by atoms with Crippen molar-refractivity contribution in [2.45, 2.75) is 38.0 Å². The van der Waals surface area contributed by atoms with Crippen molar-refractivity contribution >= 4 is 11.9 Å². The van der Waals surface area contributed by atoms with E-state index >= 15 is 0 Å². The van der Waals surface area contributed by atoms with E-state index in [0.717, 1.165) is 17.2 Å². The molecule has 0 bridgehead atoms. The second-order valence-electron chi connectivity index (χ2n) is 8.19. The molecule has 5 nitrogen and oxygen atoms in total. The fourth-order valence-corrected chi connectivity index (χ4v) is 4.91. The van der Waals surface area contributed by atoms with Gasteiger partial charge in [0.05, 0.1) is 11.1 Å². The Kier molecular flexibility index (Phi) is 5.19. The molecule has 0 radical (unpaired) electrons. The lowest BCUT2D eigenvalue weighted by Gasteiger charge is -2.44. The molecule has 2 heterocycles. The molecular weight excluding hydrogens is 407 g/mol. The minimum absolute atomic E-state index is 0.0136. The Bertz CT molecular complexity index is 1030. The van der Waals surface area contributed by atoms with E-state index in [1.807, 2.05) is 25.1 Å². The summed E-state index contributed by atoms with van der Waals surface area (Å²) in [7, 11) is 1.80. The van der Waals surface area contributed by atoms with Crippen molar-refractivity contribution in [2.24, 2.45) is 0 Å². The zero-order valence-electron chi connectivity index (χ0n) is 17.4. The van der Waals surface area contributed by atoms with Gasteiger partial charge in [-0.2, -0.15) is 13.2 Å². The molecule has 0 aliphatic carbocycles. The van der Waals surface area contributed by atoms with Crippen LogP contribution in [0.25, 0.3) is 0 Å². The summed E-state index contributed by atoms with van der Waals surface area (Å²) in [5.41, 5.74) is 1.63. The first-order valence-electron chi connectivity index (χ1n) is 10.2. The number of carbonyl (C=O) groups is 2. The van der Waals surface area contributed by atoms with Crippen LogP contribution in [0.3, 0.4) is 0 Å². The first kappa shape index (κ1) is 21.2. The van der Waals surface area contributed by atoms with Crippen molar-refractivity contribution in [1.29, 1.82) is 0 Å². The number of piperidine rings is 1. The molecule has 2 aliphatic heterocycles. The number of hydrogen-bond donors (Lipinski definition) is 1. The maximum absolute atomic E-state index is 13.2. The highest BCUT2D eigenvalue weighted by molar-refractivity contribution is 6.00. The van der Waals surface area contributed by atoms with Gasteiger partial charge < -0.3 is 15.1 Å². The molecule has 3 amide bonds. The molecule has 164 valence electrons. The van der Waals surface area contributed by atoms with E-state index < -0.39 is 23.3 Å². The number of urea groups is 1. The monoisotopic (exact) mass is 431 g/mol. The maximum atomic E-state index is 13.2. The predicted molar refractivity (Wildman–Crippen MR) is 109 cm³/mol. The van der Waals surface area contributed by atoms with Crippen LogP contribution in [0.5, 0.6) is 0 Å². The number of alkyl halides is 3. The Morgan fingerprint density at radius 1 is 1.10 bits per heavy atom. The van der Waals surface area contributed by atoms with Crippen molar-refractivity contribution in [2.75, 3.05) is 20.1 Å². The number of hydrogen-bond acceptors (Lipinski definition) is 2. The van der Waals surface area contributed by atoms with Gasteiger partial charge in [0, 0.05) is 32.2 Å². The van der Waals surface area contributed by atoms with Crippen LogP contribution in [0.2, 0.25) is 0 Å². The third-order valence-corrected chi connectivity index (χ3v) is 6.55. The Morgan fingerprint density at radius 3 is 2.45 bits per heavy atom. The van der Waals surface area contributed by atoms with Gasteiger partial charge in [0.1, 0.15) is 0 Å². The number of halogens is 3. The van der Waals surface area contributed by atoms with Gasteiger partial charge in [-0.15, -0.1) is 0 Å². The van der Waals surface area contributed by atoms with Crippen molar-refractivity contribution in [3.8, 4) is 0 Å². The van der Waals surface area contributed by atoms with E-state index in [9.17, 15) is 22.8 Å². The summed E-state index contributed by atoms with van der Waals surface area (Å²) in [5.74, 6) is -0.0136. The molecule has 8 heteroatoms. The normalized spacial score (nSPS) is 17.8. The van der Waals surface area contributed by atoms with Gasteiger partial charge in [-0.05, 0) is 48.6 Å². The molecule has 0 saturated carbocycles. The van der Waals surface area contributed by atoms with E-state index in [-0.39, 0.29) is 18.0 Å². The zero-order valence-corrected chi connectivity index (χ0v) is 17.4. The number of likely N-dealkylation sites (tertiary alicyclic amines) is 1. The Morgan fingerprint density at radius 2 is 1.77 bits per heavy atom. The fraction of sp³-hybridized carbons (Fsp3) is 0.391. The topological polar surface area (TPSA) is 52.7 Å². The van der Waals surface area contributed by atoms with Crippen molar-refractivity contribution in [1.82, 2.24) is 15.1 Å².